The lowest BCUT2D eigenvalue weighted by Crippen LogP contribution is -2.21. The number of hydrogen-bond donors (Lipinski definition) is 4. The average molecular weight is 291 g/mol. The predicted molar refractivity (Wildman–Crippen MR) is 84.1 cm³/mol. The van der Waals surface area contributed by atoms with Crippen molar-refractivity contribution in [2.45, 2.75) is 38.7 Å². The first-order chi connectivity index (χ1) is 10.0. The summed E-state index contributed by atoms with van der Waals surface area (Å²) in [5.41, 5.74) is 2.05. The van der Waals surface area contributed by atoms with Gasteiger partial charge in [0.25, 0.3) is 0 Å². The summed E-state index contributed by atoms with van der Waals surface area (Å²) in [6.45, 7) is 3.73. The van der Waals surface area contributed by atoms with E-state index in [1.165, 1.54) is 0 Å². The zero-order chi connectivity index (χ0) is 15.2. The summed E-state index contributed by atoms with van der Waals surface area (Å²) in [6.07, 6.45) is 9.97. The molecule has 4 N–H and O–H groups in total. The lowest BCUT2D eigenvalue weighted by molar-refractivity contribution is 0.198. The molecule has 0 aromatic heterocycles. The van der Waals surface area contributed by atoms with Crippen molar-refractivity contribution in [3.63, 3.8) is 0 Å². The van der Waals surface area contributed by atoms with Crippen LogP contribution in [-0.4, -0.2) is 34.5 Å². The molecule has 2 rings (SSSR count). The number of rotatable bonds is 6. The molecule has 0 radical (unpaired) electrons. The van der Waals surface area contributed by atoms with E-state index in [1.54, 1.807) is 12.2 Å². The second-order valence-corrected chi connectivity index (χ2v) is 5.93. The first-order valence-electron chi connectivity index (χ1n) is 7.60. The molecule has 0 bridgehead atoms. The van der Waals surface area contributed by atoms with Gasteiger partial charge in [0.15, 0.2) is 0 Å². The standard InChI is InChI=1S/C17H25NO3/c1-12-8-13(2-3-17(12)21)4-6-18-7-5-14-9-15(19)11-16(20)10-14/h2-3,9-10,13,15,18-21H,4-8,11H2,1H3. The lowest BCUT2D eigenvalue weighted by Gasteiger charge is -2.18. The van der Waals surface area contributed by atoms with Gasteiger partial charge in [0.05, 0.1) is 11.9 Å². The van der Waals surface area contributed by atoms with Crippen LogP contribution in [0.3, 0.4) is 0 Å². The Kier molecular flexibility index (Phi) is 5.65. The maximum atomic E-state index is 9.54. The molecule has 0 heterocycles. The van der Waals surface area contributed by atoms with Gasteiger partial charge in [-0.1, -0.05) is 12.2 Å². The van der Waals surface area contributed by atoms with Crippen LogP contribution in [0.4, 0.5) is 0 Å². The zero-order valence-corrected chi connectivity index (χ0v) is 12.5. The van der Waals surface area contributed by atoms with E-state index in [4.69, 9.17) is 0 Å². The lowest BCUT2D eigenvalue weighted by atomic mass is 9.91. The molecule has 0 aromatic rings. The maximum Gasteiger partial charge on any atom is 0.114 e. The van der Waals surface area contributed by atoms with E-state index < -0.39 is 6.10 Å². The summed E-state index contributed by atoms with van der Waals surface area (Å²) in [5, 5.41) is 31.9. The van der Waals surface area contributed by atoms with Crippen molar-refractivity contribution in [3.05, 3.63) is 47.0 Å². The molecule has 21 heavy (non-hydrogen) atoms. The van der Waals surface area contributed by atoms with Crippen molar-refractivity contribution in [2.75, 3.05) is 13.1 Å². The minimum atomic E-state index is -0.556. The van der Waals surface area contributed by atoms with Crippen LogP contribution in [0.5, 0.6) is 0 Å². The van der Waals surface area contributed by atoms with Crippen molar-refractivity contribution in [1.29, 1.82) is 0 Å². The summed E-state index contributed by atoms with van der Waals surface area (Å²) in [6, 6.07) is 0. The zero-order valence-electron chi connectivity index (χ0n) is 12.5. The SMILES string of the molecule is CC1=C(O)C=CC(CCNCCC2=CC(O)CC(O)=C2)C1. The fraction of sp³-hybridized carbons (Fsp3) is 0.529. The van der Waals surface area contributed by atoms with E-state index in [9.17, 15) is 15.3 Å². The van der Waals surface area contributed by atoms with E-state index in [2.05, 4.69) is 11.4 Å². The van der Waals surface area contributed by atoms with Crippen LogP contribution in [0.15, 0.2) is 47.0 Å². The van der Waals surface area contributed by atoms with Crippen LogP contribution < -0.4 is 5.32 Å². The van der Waals surface area contributed by atoms with Crippen molar-refractivity contribution in [3.8, 4) is 0 Å². The molecule has 2 atom stereocenters. The Morgan fingerprint density at radius 1 is 1.24 bits per heavy atom. The highest BCUT2D eigenvalue weighted by molar-refractivity contribution is 5.27. The fourth-order valence-corrected chi connectivity index (χ4v) is 2.78. The third-order valence-corrected chi connectivity index (χ3v) is 3.99. The second kappa shape index (κ2) is 7.48. The fourth-order valence-electron chi connectivity index (χ4n) is 2.78. The van der Waals surface area contributed by atoms with Crippen LogP contribution in [0.1, 0.15) is 32.6 Å². The Morgan fingerprint density at radius 2 is 2.05 bits per heavy atom. The summed E-state index contributed by atoms with van der Waals surface area (Å²) < 4.78 is 0. The molecule has 2 aliphatic carbocycles. The minimum Gasteiger partial charge on any atom is -0.512 e. The van der Waals surface area contributed by atoms with Gasteiger partial charge in [0.2, 0.25) is 0 Å². The van der Waals surface area contributed by atoms with Crippen LogP contribution in [0, 0.1) is 5.92 Å². The maximum absolute atomic E-state index is 9.54. The quantitative estimate of drug-likeness (QED) is 0.568. The molecular weight excluding hydrogens is 266 g/mol. The van der Waals surface area contributed by atoms with Gasteiger partial charge in [-0.3, -0.25) is 0 Å². The molecule has 0 amide bonds. The molecular formula is C17H25NO3. The van der Waals surface area contributed by atoms with Crippen LogP contribution >= 0.6 is 0 Å². The van der Waals surface area contributed by atoms with Gasteiger partial charge in [-0.05, 0) is 68.5 Å². The Hall–Kier alpha value is -1.52. The Morgan fingerprint density at radius 3 is 2.76 bits per heavy atom. The smallest absolute Gasteiger partial charge is 0.114 e. The first kappa shape index (κ1) is 15.9. The van der Waals surface area contributed by atoms with Crippen molar-refractivity contribution >= 4 is 0 Å². The average Bonchev–Trinajstić information content (AvgIpc) is 2.41. The van der Waals surface area contributed by atoms with Crippen molar-refractivity contribution in [2.24, 2.45) is 5.92 Å². The summed E-state index contributed by atoms with van der Waals surface area (Å²) in [4.78, 5) is 0. The second-order valence-electron chi connectivity index (χ2n) is 5.93. The molecule has 0 saturated carbocycles. The molecule has 0 spiro atoms. The molecule has 2 unspecified atom stereocenters. The van der Waals surface area contributed by atoms with Gasteiger partial charge in [0.1, 0.15) is 5.76 Å². The van der Waals surface area contributed by atoms with Crippen LogP contribution in [-0.2, 0) is 0 Å². The van der Waals surface area contributed by atoms with E-state index >= 15 is 0 Å². The van der Waals surface area contributed by atoms with Gasteiger partial charge >= 0.3 is 0 Å². The topological polar surface area (TPSA) is 72.7 Å². The molecule has 4 nitrogen and oxygen atoms in total. The third kappa shape index (κ3) is 5.06. The number of nitrogens with one attached hydrogen (secondary N) is 1. The van der Waals surface area contributed by atoms with Crippen LogP contribution in [0.2, 0.25) is 0 Å². The summed E-state index contributed by atoms with van der Waals surface area (Å²) >= 11 is 0. The van der Waals surface area contributed by atoms with Crippen LogP contribution in [0.25, 0.3) is 0 Å². The molecule has 4 heteroatoms. The molecule has 0 saturated heterocycles. The highest BCUT2D eigenvalue weighted by Gasteiger charge is 2.13. The van der Waals surface area contributed by atoms with E-state index in [1.807, 2.05) is 13.0 Å². The third-order valence-electron chi connectivity index (χ3n) is 3.99. The normalized spacial score (nSPS) is 25.8. The predicted octanol–water partition coefficient (Wildman–Crippen LogP) is 2.90. The van der Waals surface area contributed by atoms with Crippen molar-refractivity contribution < 1.29 is 15.3 Å². The van der Waals surface area contributed by atoms with E-state index in [0.717, 1.165) is 43.5 Å². The molecule has 0 aromatic carbocycles. The summed E-state index contributed by atoms with van der Waals surface area (Å²) in [7, 11) is 0. The van der Waals surface area contributed by atoms with E-state index in [-0.39, 0.29) is 5.76 Å². The number of hydrogen-bond acceptors (Lipinski definition) is 4. The highest BCUT2D eigenvalue weighted by atomic mass is 16.3. The molecule has 2 aliphatic rings. The molecule has 0 aliphatic heterocycles. The minimum absolute atomic E-state index is 0.259. The number of aliphatic hydroxyl groups excluding tert-OH is 3. The van der Waals surface area contributed by atoms with E-state index in [0.29, 0.717) is 18.1 Å². The Labute approximate surface area is 126 Å². The largest absolute Gasteiger partial charge is 0.512 e. The summed E-state index contributed by atoms with van der Waals surface area (Å²) in [5.74, 6) is 1.16. The Balaban J connectivity index is 1.62. The molecule has 0 fully saturated rings. The van der Waals surface area contributed by atoms with Gasteiger partial charge in [-0.2, -0.15) is 0 Å². The van der Waals surface area contributed by atoms with Gasteiger partial charge in [-0.25, -0.2) is 0 Å². The Bertz CT molecular complexity index is 488. The highest BCUT2D eigenvalue weighted by Crippen LogP contribution is 2.24. The number of allylic oxidation sites excluding steroid dienone is 4. The molecule has 116 valence electrons. The van der Waals surface area contributed by atoms with Gasteiger partial charge < -0.3 is 20.6 Å². The first-order valence-corrected chi connectivity index (χ1v) is 7.60. The van der Waals surface area contributed by atoms with Gasteiger partial charge in [0, 0.05) is 6.42 Å². The number of aliphatic hydroxyl groups is 3. The monoisotopic (exact) mass is 291 g/mol. The van der Waals surface area contributed by atoms with Gasteiger partial charge in [-0.15, -0.1) is 0 Å². The van der Waals surface area contributed by atoms with Crippen molar-refractivity contribution in [1.82, 2.24) is 5.32 Å².